The lowest BCUT2D eigenvalue weighted by atomic mass is 10.3. The van der Waals surface area contributed by atoms with Gasteiger partial charge in [0.25, 0.3) is 0 Å². The third-order valence-corrected chi connectivity index (χ3v) is 14.2. The molecule has 0 aliphatic carbocycles. The summed E-state index contributed by atoms with van der Waals surface area (Å²) in [4.78, 5) is 0. The normalized spacial score (nSPS) is 23.6. The van der Waals surface area contributed by atoms with Crippen molar-refractivity contribution in [3.63, 3.8) is 0 Å². The number of hydrogen-bond acceptors (Lipinski definition) is 1. The highest BCUT2D eigenvalue weighted by atomic mass is 29.2. The average Bonchev–Trinajstić information content (AvgIpc) is 2.01. The molecule has 14 heavy (non-hydrogen) atoms. The van der Waals surface area contributed by atoms with Crippen molar-refractivity contribution >= 4 is 16.9 Å². The maximum atomic E-state index is 5.89. The van der Waals surface area contributed by atoms with Crippen molar-refractivity contribution in [1.82, 2.24) is 0 Å². The summed E-state index contributed by atoms with van der Waals surface area (Å²) in [7, 11) is -1.02. The third-order valence-electron chi connectivity index (χ3n) is 3.09. The van der Waals surface area contributed by atoms with Gasteiger partial charge in [-0.3, -0.25) is 0 Å². The highest BCUT2D eigenvalue weighted by molar-refractivity contribution is 7.23. The van der Waals surface area contributed by atoms with E-state index in [4.69, 9.17) is 4.43 Å². The summed E-state index contributed by atoms with van der Waals surface area (Å²) >= 11 is 0. The van der Waals surface area contributed by atoms with E-state index in [1.807, 2.05) is 0 Å². The van der Waals surface area contributed by atoms with Crippen molar-refractivity contribution in [3.05, 3.63) is 0 Å². The van der Waals surface area contributed by atoms with Crippen LogP contribution in [-0.4, -0.2) is 23.5 Å². The molecule has 0 radical (unpaired) electrons. The molecule has 1 aliphatic rings. The van der Waals surface area contributed by atoms with E-state index in [0.717, 1.165) is 18.4 Å². The highest BCUT2D eigenvalue weighted by Gasteiger charge is 2.36. The predicted molar refractivity (Wildman–Crippen MR) is 69.0 cm³/mol. The van der Waals surface area contributed by atoms with Crippen LogP contribution in [0, 0.1) is 11.8 Å². The topological polar surface area (TPSA) is 9.23 Å². The molecule has 1 nitrogen and oxygen atoms in total. The molecule has 84 valence electrons. The van der Waals surface area contributed by atoms with Crippen LogP contribution < -0.4 is 0 Å². The van der Waals surface area contributed by atoms with Crippen LogP contribution in [-0.2, 0) is 4.43 Å². The Morgan fingerprint density at radius 2 is 1.71 bits per heavy atom. The summed E-state index contributed by atoms with van der Waals surface area (Å²) in [5, 5.41) is 0. The lowest BCUT2D eigenvalue weighted by Gasteiger charge is -2.37. The van der Waals surface area contributed by atoms with E-state index in [-0.39, 0.29) is 9.28 Å². The second-order valence-electron chi connectivity index (χ2n) is 5.85. The average molecular weight is 230 g/mol. The van der Waals surface area contributed by atoms with Gasteiger partial charge in [0.05, 0.1) is 7.59 Å². The Bertz CT molecular complexity index is 151. The zero-order valence-corrected chi connectivity index (χ0v) is 12.7. The van der Waals surface area contributed by atoms with Crippen molar-refractivity contribution in [2.24, 2.45) is 11.8 Å². The highest BCUT2D eigenvalue weighted by Crippen LogP contribution is 2.31. The van der Waals surface area contributed by atoms with Gasteiger partial charge in [0.1, 0.15) is 0 Å². The SMILES string of the molecule is CC(C)C[Si]1(CC(C)C)CCCO[SiH2]1. The molecule has 1 heterocycles. The van der Waals surface area contributed by atoms with Crippen LogP contribution in [0.15, 0.2) is 0 Å². The van der Waals surface area contributed by atoms with Gasteiger partial charge in [-0.25, -0.2) is 0 Å². The Balaban J connectivity index is 2.57. The quantitative estimate of drug-likeness (QED) is 0.675. The molecule has 1 saturated heterocycles. The van der Waals surface area contributed by atoms with E-state index in [9.17, 15) is 0 Å². The second-order valence-corrected chi connectivity index (χ2v) is 16.2. The fourth-order valence-corrected chi connectivity index (χ4v) is 16.2. The Hall–Kier alpha value is 0.394. The zero-order valence-electron chi connectivity index (χ0n) is 10.3. The molecular formula is C11H26OSi2. The van der Waals surface area contributed by atoms with Gasteiger partial charge < -0.3 is 4.43 Å². The van der Waals surface area contributed by atoms with Crippen molar-refractivity contribution in [2.75, 3.05) is 6.61 Å². The van der Waals surface area contributed by atoms with Gasteiger partial charge in [-0.05, 0) is 18.3 Å². The first-order valence-electron chi connectivity index (χ1n) is 6.12. The minimum Gasteiger partial charge on any atom is -0.427 e. The minimum atomic E-state index is -0.892. The van der Waals surface area contributed by atoms with Crippen molar-refractivity contribution in [2.45, 2.75) is 52.2 Å². The minimum absolute atomic E-state index is 0.131. The Kier molecular flexibility index (Phi) is 4.87. The van der Waals surface area contributed by atoms with Crippen molar-refractivity contribution in [3.8, 4) is 0 Å². The molecule has 0 N–H and O–H groups in total. The predicted octanol–water partition coefficient (Wildman–Crippen LogP) is 2.75. The maximum absolute atomic E-state index is 5.89. The lowest BCUT2D eigenvalue weighted by Crippen LogP contribution is -2.48. The standard InChI is InChI=1S/C11H26OSi2/c1-10(2)8-14(9-11(3)4)7-5-6-12-13-14/h10-11H,5-9,13H2,1-4H3. The first-order valence-corrected chi connectivity index (χ1v) is 11.6. The van der Waals surface area contributed by atoms with Crippen LogP contribution in [0.4, 0.5) is 0 Å². The molecule has 1 rings (SSSR count). The molecule has 0 atom stereocenters. The summed E-state index contributed by atoms with van der Waals surface area (Å²) in [5.74, 6) is 1.80. The Labute approximate surface area is 92.4 Å². The summed E-state index contributed by atoms with van der Waals surface area (Å²) in [5.41, 5.74) is 0. The van der Waals surface area contributed by atoms with Gasteiger partial charge in [-0.2, -0.15) is 0 Å². The van der Waals surface area contributed by atoms with Crippen LogP contribution in [0.5, 0.6) is 0 Å². The smallest absolute Gasteiger partial charge is 0.151 e. The second kappa shape index (κ2) is 5.47. The van der Waals surface area contributed by atoms with E-state index in [1.54, 1.807) is 6.04 Å². The van der Waals surface area contributed by atoms with Crippen molar-refractivity contribution < 1.29 is 4.43 Å². The third kappa shape index (κ3) is 3.87. The van der Waals surface area contributed by atoms with E-state index >= 15 is 0 Å². The molecule has 1 fully saturated rings. The van der Waals surface area contributed by atoms with Crippen molar-refractivity contribution in [1.29, 1.82) is 0 Å². The van der Waals surface area contributed by atoms with Crippen LogP contribution >= 0.6 is 0 Å². The van der Waals surface area contributed by atoms with Gasteiger partial charge in [-0.15, -0.1) is 0 Å². The summed E-state index contributed by atoms with van der Waals surface area (Å²) < 4.78 is 5.89. The number of rotatable bonds is 4. The molecule has 0 aromatic carbocycles. The lowest BCUT2D eigenvalue weighted by molar-refractivity contribution is 0.331. The van der Waals surface area contributed by atoms with Crippen LogP contribution in [0.2, 0.25) is 18.1 Å². The summed E-state index contributed by atoms with van der Waals surface area (Å²) in [6, 6.07) is 4.66. The zero-order chi connectivity index (χ0) is 10.6. The Morgan fingerprint density at radius 3 is 2.07 bits per heavy atom. The molecule has 0 unspecified atom stereocenters. The van der Waals surface area contributed by atoms with E-state index in [0.29, 0.717) is 0 Å². The fourth-order valence-electron chi connectivity index (χ4n) is 3.05. The molecule has 0 aromatic rings. The molecule has 3 heteroatoms. The molecule has 0 amide bonds. The van der Waals surface area contributed by atoms with Gasteiger partial charge >= 0.3 is 0 Å². The largest absolute Gasteiger partial charge is 0.427 e. The monoisotopic (exact) mass is 230 g/mol. The molecular weight excluding hydrogens is 204 g/mol. The molecule has 0 aromatic heterocycles. The molecule has 1 aliphatic heterocycles. The van der Waals surface area contributed by atoms with E-state index < -0.39 is 7.59 Å². The maximum Gasteiger partial charge on any atom is 0.151 e. The van der Waals surface area contributed by atoms with Crippen LogP contribution in [0.25, 0.3) is 0 Å². The summed E-state index contributed by atoms with van der Waals surface area (Å²) in [6.45, 7) is 10.6. The van der Waals surface area contributed by atoms with Crippen LogP contribution in [0.1, 0.15) is 34.1 Å². The van der Waals surface area contributed by atoms with Gasteiger partial charge in [0.15, 0.2) is 9.28 Å². The molecule has 0 bridgehead atoms. The van der Waals surface area contributed by atoms with Gasteiger partial charge in [0.2, 0.25) is 0 Å². The number of hydrogen-bond donors (Lipinski definition) is 0. The summed E-state index contributed by atoms with van der Waals surface area (Å²) in [6.07, 6.45) is 1.36. The van der Waals surface area contributed by atoms with E-state index in [1.165, 1.54) is 18.5 Å². The van der Waals surface area contributed by atoms with Gasteiger partial charge in [0, 0.05) is 6.61 Å². The molecule has 0 spiro atoms. The van der Waals surface area contributed by atoms with E-state index in [2.05, 4.69) is 27.7 Å². The Morgan fingerprint density at radius 1 is 1.14 bits per heavy atom. The first-order chi connectivity index (χ1) is 6.54. The van der Waals surface area contributed by atoms with Gasteiger partial charge in [-0.1, -0.05) is 45.8 Å². The first kappa shape index (κ1) is 12.5. The van der Waals surface area contributed by atoms with Crippen LogP contribution in [0.3, 0.4) is 0 Å². The fraction of sp³-hybridized carbons (Fsp3) is 1.00. The molecule has 0 saturated carbocycles.